The van der Waals surface area contributed by atoms with Gasteiger partial charge in [0.05, 0.1) is 6.42 Å². The average molecular weight is 309 g/mol. The van der Waals surface area contributed by atoms with E-state index in [4.69, 9.17) is 11.2 Å². The van der Waals surface area contributed by atoms with E-state index in [1.165, 1.54) is 0 Å². The molecule has 0 spiro atoms. The molecule has 0 aliphatic heterocycles. The van der Waals surface area contributed by atoms with Crippen LogP contribution in [0.3, 0.4) is 0 Å². The van der Waals surface area contributed by atoms with Crippen LogP contribution in [0.1, 0.15) is 11.1 Å². The Bertz CT molecular complexity index is 701. The maximum Gasteiger partial charge on any atom is 0.227 e. The number of phenols is 1. The average Bonchev–Trinajstić information content (AvgIpc) is 2.56. The molecule has 0 unspecified atom stereocenters. The van der Waals surface area contributed by atoms with Gasteiger partial charge < -0.3 is 14.7 Å². The summed E-state index contributed by atoms with van der Waals surface area (Å²) in [6.45, 7) is 0.639. The first-order chi connectivity index (χ1) is 11.1. The number of likely N-dealkylation sites (N-methyl/N-ethyl adjacent to an activating group) is 1. The van der Waals surface area contributed by atoms with Gasteiger partial charge in [-0.05, 0) is 23.8 Å². The first kappa shape index (κ1) is 16.4. The summed E-state index contributed by atoms with van der Waals surface area (Å²) in [7, 11) is 1.75. The molecule has 0 aliphatic carbocycles. The number of nitrogens with zero attached hydrogens (tertiary/aromatic N) is 1. The van der Waals surface area contributed by atoms with Gasteiger partial charge in [0.25, 0.3) is 0 Å². The molecule has 0 bridgehead atoms. The second-order valence-corrected chi connectivity index (χ2v) is 5.19. The Morgan fingerprint density at radius 2 is 1.91 bits per heavy atom. The maximum absolute atomic E-state index is 12.3. The van der Waals surface area contributed by atoms with E-state index in [0.717, 1.165) is 11.1 Å². The quantitative estimate of drug-likeness (QED) is 0.835. The molecule has 2 aromatic rings. The van der Waals surface area contributed by atoms with Crippen LogP contribution in [-0.2, 0) is 17.8 Å². The molecule has 4 nitrogen and oxygen atoms in total. The summed E-state index contributed by atoms with van der Waals surface area (Å²) in [6.07, 6.45) is 5.50. The molecular formula is C19H19NO3. The number of carbonyl (C=O) groups is 1. The van der Waals surface area contributed by atoms with E-state index < -0.39 is 0 Å². The van der Waals surface area contributed by atoms with Crippen molar-refractivity contribution in [2.45, 2.75) is 13.0 Å². The van der Waals surface area contributed by atoms with Crippen LogP contribution >= 0.6 is 0 Å². The maximum atomic E-state index is 12.3. The molecule has 0 atom stereocenters. The molecule has 4 heteroatoms. The number of benzene rings is 2. The highest BCUT2D eigenvalue weighted by molar-refractivity contribution is 5.78. The van der Waals surface area contributed by atoms with E-state index in [-0.39, 0.29) is 24.7 Å². The van der Waals surface area contributed by atoms with E-state index in [1.807, 2.05) is 24.3 Å². The highest BCUT2D eigenvalue weighted by atomic mass is 16.5. The van der Waals surface area contributed by atoms with Crippen LogP contribution in [0.5, 0.6) is 11.5 Å². The highest BCUT2D eigenvalue weighted by Crippen LogP contribution is 2.20. The zero-order chi connectivity index (χ0) is 16.7. The van der Waals surface area contributed by atoms with E-state index in [9.17, 15) is 9.90 Å². The molecule has 0 saturated carbocycles. The predicted molar refractivity (Wildman–Crippen MR) is 89.1 cm³/mol. The normalized spacial score (nSPS) is 9.91. The van der Waals surface area contributed by atoms with Crippen LogP contribution in [0, 0.1) is 12.3 Å². The van der Waals surface area contributed by atoms with Gasteiger partial charge in [-0.3, -0.25) is 4.79 Å². The Labute approximate surface area is 136 Å². The lowest BCUT2D eigenvalue weighted by molar-refractivity contribution is -0.129. The monoisotopic (exact) mass is 309 g/mol. The van der Waals surface area contributed by atoms with E-state index in [2.05, 4.69) is 5.92 Å². The van der Waals surface area contributed by atoms with Crippen molar-refractivity contribution in [1.82, 2.24) is 4.90 Å². The number of ether oxygens (including phenoxy) is 1. The fraction of sp³-hybridized carbons (Fsp3) is 0.211. The third-order valence-corrected chi connectivity index (χ3v) is 3.41. The van der Waals surface area contributed by atoms with E-state index in [1.54, 1.807) is 36.2 Å². The fourth-order valence-corrected chi connectivity index (χ4v) is 2.16. The highest BCUT2D eigenvalue weighted by Gasteiger charge is 2.12. The van der Waals surface area contributed by atoms with Crippen molar-refractivity contribution < 1.29 is 14.6 Å². The lowest BCUT2D eigenvalue weighted by atomic mass is 10.1. The van der Waals surface area contributed by atoms with Crippen molar-refractivity contribution in [3.63, 3.8) is 0 Å². The lowest BCUT2D eigenvalue weighted by Gasteiger charge is -2.19. The van der Waals surface area contributed by atoms with Gasteiger partial charge in [0, 0.05) is 19.2 Å². The summed E-state index contributed by atoms with van der Waals surface area (Å²) < 4.78 is 5.50. The number of rotatable bonds is 6. The summed E-state index contributed by atoms with van der Waals surface area (Å²) in [4.78, 5) is 14.0. The zero-order valence-corrected chi connectivity index (χ0v) is 13.0. The van der Waals surface area contributed by atoms with Crippen LogP contribution in [0.25, 0.3) is 0 Å². The topological polar surface area (TPSA) is 49.8 Å². The van der Waals surface area contributed by atoms with Gasteiger partial charge in [-0.25, -0.2) is 0 Å². The number of amides is 1. The fourth-order valence-electron chi connectivity index (χ4n) is 2.16. The van der Waals surface area contributed by atoms with Gasteiger partial charge in [0.2, 0.25) is 5.91 Å². The largest absolute Gasteiger partial charge is 0.508 e. The second kappa shape index (κ2) is 7.90. The minimum absolute atomic E-state index is 0.0116. The standard InChI is InChI=1S/C19H19NO3/c1-3-12-23-18-7-5-4-6-16(18)14-20(2)19(22)13-15-8-10-17(21)11-9-15/h1,4-11,21H,12-14H2,2H3. The Balaban J connectivity index is 2.01. The third-order valence-electron chi connectivity index (χ3n) is 3.41. The Hall–Kier alpha value is -2.93. The molecule has 23 heavy (non-hydrogen) atoms. The SMILES string of the molecule is C#CCOc1ccccc1CN(C)C(=O)Cc1ccc(O)cc1. The molecule has 1 N–H and O–H groups in total. The summed E-state index contributed by atoms with van der Waals surface area (Å²) in [5.41, 5.74) is 1.76. The second-order valence-electron chi connectivity index (χ2n) is 5.19. The molecule has 0 fully saturated rings. The third kappa shape index (κ3) is 4.79. The smallest absolute Gasteiger partial charge is 0.227 e. The number of phenolic OH excluding ortho intramolecular Hbond substituents is 1. The van der Waals surface area contributed by atoms with Crippen molar-refractivity contribution in [2.75, 3.05) is 13.7 Å². The molecule has 0 aliphatic rings. The molecule has 0 radical (unpaired) electrons. The summed E-state index contributed by atoms with van der Waals surface area (Å²) in [6, 6.07) is 14.2. The van der Waals surface area contributed by atoms with Crippen molar-refractivity contribution in [3.8, 4) is 23.8 Å². The van der Waals surface area contributed by atoms with Crippen LogP contribution in [0.2, 0.25) is 0 Å². The van der Waals surface area contributed by atoms with Gasteiger partial charge in [0.15, 0.2) is 0 Å². The van der Waals surface area contributed by atoms with Gasteiger partial charge in [-0.15, -0.1) is 6.42 Å². The Morgan fingerprint density at radius 1 is 1.22 bits per heavy atom. The molecule has 0 heterocycles. The molecule has 118 valence electrons. The van der Waals surface area contributed by atoms with Gasteiger partial charge in [-0.1, -0.05) is 36.3 Å². The minimum atomic E-state index is -0.0116. The first-order valence-corrected chi connectivity index (χ1v) is 7.26. The number of hydrogen-bond acceptors (Lipinski definition) is 3. The van der Waals surface area contributed by atoms with E-state index >= 15 is 0 Å². The molecular weight excluding hydrogens is 290 g/mol. The minimum Gasteiger partial charge on any atom is -0.508 e. The van der Waals surface area contributed by atoms with E-state index in [0.29, 0.717) is 12.3 Å². The molecule has 2 aromatic carbocycles. The predicted octanol–water partition coefficient (Wildman–Crippen LogP) is 2.61. The zero-order valence-electron chi connectivity index (χ0n) is 13.0. The van der Waals surface area contributed by atoms with Crippen LogP contribution in [-0.4, -0.2) is 29.6 Å². The Kier molecular flexibility index (Phi) is 5.65. The summed E-state index contributed by atoms with van der Waals surface area (Å²) in [5.74, 6) is 3.30. The number of para-hydroxylation sites is 1. The van der Waals surface area contributed by atoms with Gasteiger partial charge in [-0.2, -0.15) is 0 Å². The van der Waals surface area contributed by atoms with Crippen LogP contribution in [0.15, 0.2) is 48.5 Å². The van der Waals surface area contributed by atoms with Crippen molar-refractivity contribution in [2.24, 2.45) is 0 Å². The van der Waals surface area contributed by atoms with Crippen molar-refractivity contribution in [3.05, 3.63) is 59.7 Å². The first-order valence-electron chi connectivity index (χ1n) is 7.26. The van der Waals surface area contributed by atoms with Gasteiger partial charge >= 0.3 is 0 Å². The Morgan fingerprint density at radius 3 is 2.61 bits per heavy atom. The van der Waals surface area contributed by atoms with Crippen LogP contribution in [0.4, 0.5) is 0 Å². The molecule has 0 saturated heterocycles. The molecule has 2 rings (SSSR count). The lowest BCUT2D eigenvalue weighted by Crippen LogP contribution is -2.27. The number of hydrogen-bond donors (Lipinski definition) is 1. The molecule has 0 aromatic heterocycles. The summed E-state index contributed by atoms with van der Waals surface area (Å²) in [5, 5.41) is 9.27. The molecule has 1 amide bonds. The number of carbonyl (C=O) groups excluding carboxylic acids is 1. The van der Waals surface area contributed by atoms with Crippen molar-refractivity contribution in [1.29, 1.82) is 0 Å². The summed E-state index contributed by atoms with van der Waals surface area (Å²) >= 11 is 0. The van der Waals surface area contributed by atoms with Crippen molar-refractivity contribution >= 4 is 5.91 Å². The van der Waals surface area contributed by atoms with Gasteiger partial charge in [0.1, 0.15) is 18.1 Å². The number of aromatic hydroxyl groups is 1. The van der Waals surface area contributed by atoms with Crippen LogP contribution < -0.4 is 4.74 Å². The number of terminal acetylenes is 1.